The standard InChI is InChI=1S/C72H51N5/c1-5-20-53(21-6-1)71-73-67-35-17-33-65(69(67)76(71)60-29-9-3-10-30-60)58-27-15-25-55(47-58)51-37-42-62(43-38-51)75(64-46-41-50-19-13-14-24-57(50)49-64)63-44-39-52(40-45-63)56-26-16-28-59(48-56)66-34-18-36-68-70(66)77(61-31-11-4-12-32-61)72(74-68)54-22-7-2-8-23-54/h1-49,71,73H. The van der Waals surface area contributed by atoms with Crippen LogP contribution in [0.25, 0.3) is 83.4 Å². The number of hydrogen-bond acceptors (Lipinski definition) is 4. The summed E-state index contributed by atoms with van der Waals surface area (Å²) in [7, 11) is 0. The number of fused-ring (bicyclic) bond motifs is 3. The second kappa shape index (κ2) is 19.6. The molecule has 1 unspecified atom stereocenters. The Bertz CT molecular complexity index is 4230. The zero-order valence-electron chi connectivity index (χ0n) is 42.2. The first-order valence-electron chi connectivity index (χ1n) is 26.3. The van der Waals surface area contributed by atoms with Crippen LogP contribution in [0.5, 0.6) is 0 Å². The molecule has 0 spiro atoms. The van der Waals surface area contributed by atoms with Crippen molar-refractivity contribution in [3.05, 3.63) is 303 Å². The zero-order valence-corrected chi connectivity index (χ0v) is 42.2. The van der Waals surface area contributed by atoms with Gasteiger partial charge in [0, 0.05) is 45.1 Å². The molecule has 1 aliphatic heterocycles. The van der Waals surface area contributed by atoms with Gasteiger partial charge < -0.3 is 15.1 Å². The van der Waals surface area contributed by atoms with E-state index in [0.29, 0.717) is 0 Å². The van der Waals surface area contributed by atoms with Crippen LogP contribution in [0.4, 0.5) is 34.1 Å². The first-order valence-corrected chi connectivity index (χ1v) is 26.3. The Morgan fingerprint density at radius 3 is 1.52 bits per heavy atom. The lowest BCUT2D eigenvalue weighted by atomic mass is 9.96. The van der Waals surface area contributed by atoms with Crippen LogP contribution in [0.1, 0.15) is 11.7 Å². The monoisotopic (exact) mass is 985 g/mol. The number of nitrogens with zero attached hydrogens (tertiary/aromatic N) is 4. The minimum Gasteiger partial charge on any atom is -0.359 e. The summed E-state index contributed by atoms with van der Waals surface area (Å²) in [6.07, 6.45) is -0.0449. The van der Waals surface area contributed by atoms with Gasteiger partial charge in [0.25, 0.3) is 0 Å². The van der Waals surface area contributed by atoms with E-state index in [2.05, 4.69) is 317 Å². The third-order valence-corrected chi connectivity index (χ3v) is 15.0. The van der Waals surface area contributed by atoms with Gasteiger partial charge in [-0.2, -0.15) is 0 Å². The number of rotatable bonds is 11. The van der Waals surface area contributed by atoms with Crippen LogP contribution in [0.15, 0.2) is 297 Å². The molecule has 13 aromatic rings. The predicted molar refractivity (Wildman–Crippen MR) is 322 cm³/mol. The number of imidazole rings is 1. The van der Waals surface area contributed by atoms with Gasteiger partial charge in [-0.1, -0.05) is 212 Å². The fourth-order valence-electron chi connectivity index (χ4n) is 11.3. The Morgan fingerprint density at radius 2 is 0.857 bits per heavy atom. The van der Waals surface area contributed by atoms with Crippen LogP contribution >= 0.6 is 0 Å². The quantitative estimate of drug-likeness (QED) is 0.140. The SMILES string of the molecule is c1ccc(-c2nc3cccc(-c4cccc(-c5ccc(N(c6ccc(-c7cccc(-c8cccc9c8N(c8ccccc8)C(c8ccccc8)N9)c7)cc6)c6ccc7ccccc7c6)cc5)c4)c3n2-c2ccccc2)cc1. The topological polar surface area (TPSA) is 36.3 Å². The van der Waals surface area contributed by atoms with E-state index >= 15 is 0 Å². The molecule has 1 aromatic heterocycles. The first-order chi connectivity index (χ1) is 38.2. The van der Waals surface area contributed by atoms with Crippen molar-refractivity contribution in [3.63, 3.8) is 0 Å². The fraction of sp³-hybridized carbons (Fsp3) is 0.0139. The molecule has 77 heavy (non-hydrogen) atoms. The molecule has 0 aliphatic carbocycles. The fourth-order valence-corrected chi connectivity index (χ4v) is 11.3. The molecule has 1 N–H and O–H groups in total. The Kier molecular flexibility index (Phi) is 11.5. The highest BCUT2D eigenvalue weighted by Gasteiger charge is 2.33. The van der Waals surface area contributed by atoms with Crippen LogP contribution in [0, 0.1) is 0 Å². The molecule has 0 bridgehead atoms. The van der Waals surface area contributed by atoms with Gasteiger partial charge >= 0.3 is 0 Å². The molecule has 1 aliphatic rings. The summed E-state index contributed by atoms with van der Waals surface area (Å²) in [5.74, 6) is 0.919. The third-order valence-electron chi connectivity index (χ3n) is 15.0. The van der Waals surface area contributed by atoms with Crippen LogP contribution in [-0.2, 0) is 0 Å². The number of benzene rings is 12. The van der Waals surface area contributed by atoms with E-state index in [1.807, 2.05) is 0 Å². The lowest BCUT2D eigenvalue weighted by Crippen LogP contribution is -2.23. The highest BCUT2D eigenvalue weighted by molar-refractivity contribution is 5.98. The normalized spacial score (nSPS) is 12.9. The molecule has 0 saturated carbocycles. The molecule has 5 heteroatoms. The number of hydrogen-bond donors (Lipinski definition) is 1. The molecule has 2 heterocycles. The highest BCUT2D eigenvalue weighted by Crippen LogP contribution is 2.51. The molecular weight excluding hydrogens is 935 g/mol. The van der Waals surface area contributed by atoms with Crippen LogP contribution in [0.2, 0.25) is 0 Å². The van der Waals surface area contributed by atoms with E-state index < -0.39 is 0 Å². The van der Waals surface area contributed by atoms with E-state index in [0.717, 1.165) is 95.5 Å². The van der Waals surface area contributed by atoms with Gasteiger partial charge in [0.05, 0.1) is 22.4 Å². The van der Waals surface area contributed by atoms with Crippen molar-refractivity contribution in [2.75, 3.05) is 15.1 Å². The van der Waals surface area contributed by atoms with E-state index in [1.54, 1.807) is 0 Å². The van der Waals surface area contributed by atoms with Crippen LogP contribution in [0.3, 0.4) is 0 Å². The van der Waals surface area contributed by atoms with Crippen molar-refractivity contribution < 1.29 is 0 Å². The van der Waals surface area contributed by atoms with Crippen molar-refractivity contribution in [2.45, 2.75) is 6.17 Å². The van der Waals surface area contributed by atoms with Gasteiger partial charge in [-0.15, -0.1) is 0 Å². The van der Waals surface area contributed by atoms with Gasteiger partial charge in [-0.3, -0.25) is 4.57 Å². The van der Waals surface area contributed by atoms with E-state index in [-0.39, 0.29) is 6.17 Å². The summed E-state index contributed by atoms with van der Waals surface area (Å²) >= 11 is 0. The minimum absolute atomic E-state index is 0.0449. The second-order valence-corrected chi connectivity index (χ2v) is 19.6. The third kappa shape index (κ3) is 8.46. The van der Waals surface area contributed by atoms with Gasteiger partial charge in [0.1, 0.15) is 12.0 Å². The van der Waals surface area contributed by atoms with Crippen molar-refractivity contribution >= 4 is 55.9 Å². The maximum absolute atomic E-state index is 5.24. The molecule has 0 amide bonds. The van der Waals surface area contributed by atoms with Crippen molar-refractivity contribution in [1.29, 1.82) is 0 Å². The van der Waals surface area contributed by atoms with E-state index in [9.17, 15) is 0 Å². The molecule has 1 atom stereocenters. The lowest BCUT2D eigenvalue weighted by Gasteiger charge is -2.28. The highest BCUT2D eigenvalue weighted by atomic mass is 15.3. The van der Waals surface area contributed by atoms with Crippen molar-refractivity contribution in [1.82, 2.24) is 9.55 Å². The minimum atomic E-state index is -0.0449. The van der Waals surface area contributed by atoms with Gasteiger partial charge in [0.15, 0.2) is 0 Å². The van der Waals surface area contributed by atoms with E-state index in [1.165, 1.54) is 27.6 Å². The van der Waals surface area contributed by atoms with Gasteiger partial charge in [0.2, 0.25) is 0 Å². The number of anilines is 6. The Balaban J connectivity index is 0.804. The summed E-state index contributed by atoms with van der Waals surface area (Å²) in [6.45, 7) is 0. The lowest BCUT2D eigenvalue weighted by molar-refractivity contribution is 0.829. The molecular formula is C72H51N5. The maximum atomic E-state index is 5.24. The second-order valence-electron chi connectivity index (χ2n) is 19.6. The molecule has 364 valence electrons. The molecule has 5 nitrogen and oxygen atoms in total. The van der Waals surface area contributed by atoms with Gasteiger partial charge in [-0.25, -0.2) is 4.98 Å². The molecule has 0 radical (unpaired) electrons. The Morgan fingerprint density at radius 1 is 0.351 bits per heavy atom. The average molecular weight is 986 g/mol. The van der Waals surface area contributed by atoms with Crippen molar-refractivity contribution in [3.8, 4) is 61.6 Å². The summed E-state index contributed by atoms with van der Waals surface area (Å²) in [5.41, 5.74) is 21.3. The van der Waals surface area contributed by atoms with Crippen LogP contribution in [-0.4, -0.2) is 9.55 Å². The Labute approximate surface area is 448 Å². The molecule has 14 rings (SSSR count). The maximum Gasteiger partial charge on any atom is 0.145 e. The average Bonchev–Trinajstić information content (AvgIpc) is 4.14. The number of para-hydroxylation sites is 4. The van der Waals surface area contributed by atoms with Crippen molar-refractivity contribution in [2.24, 2.45) is 0 Å². The molecule has 12 aromatic carbocycles. The Hall–Kier alpha value is -10.2. The number of nitrogens with one attached hydrogen (secondary N) is 1. The number of aromatic nitrogens is 2. The summed E-state index contributed by atoms with van der Waals surface area (Å²) in [4.78, 5) is 10.0. The molecule has 0 saturated heterocycles. The molecule has 0 fully saturated rings. The van der Waals surface area contributed by atoms with Gasteiger partial charge in [-0.05, 0) is 135 Å². The predicted octanol–water partition coefficient (Wildman–Crippen LogP) is 19.2. The first kappa shape index (κ1) is 45.4. The zero-order chi connectivity index (χ0) is 51.1. The summed E-state index contributed by atoms with van der Waals surface area (Å²) in [5, 5.41) is 6.27. The summed E-state index contributed by atoms with van der Waals surface area (Å²) < 4.78 is 2.31. The smallest absolute Gasteiger partial charge is 0.145 e. The largest absolute Gasteiger partial charge is 0.359 e. The van der Waals surface area contributed by atoms with Crippen LogP contribution < -0.4 is 15.1 Å². The summed E-state index contributed by atoms with van der Waals surface area (Å²) in [6, 6.07) is 107. The van der Waals surface area contributed by atoms with E-state index in [4.69, 9.17) is 4.98 Å².